The third kappa shape index (κ3) is 2.25. The van der Waals surface area contributed by atoms with E-state index in [2.05, 4.69) is 9.72 Å². The second-order valence-corrected chi connectivity index (χ2v) is 2.13. The van der Waals surface area contributed by atoms with E-state index in [0.29, 0.717) is 5.69 Å². The Labute approximate surface area is 76.5 Å². The Balaban J connectivity index is 0.00000121. The first-order chi connectivity index (χ1) is 5.25. The van der Waals surface area contributed by atoms with Gasteiger partial charge in [0.05, 0.1) is 7.11 Å². The summed E-state index contributed by atoms with van der Waals surface area (Å²) in [6.07, 6.45) is 1.71. The van der Waals surface area contributed by atoms with Crippen molar-refractivity contribution >= 4 is 18.4 Å². The van der Waals surface area contributed by atoms with Crippen molar-refractivity contribution in [2.75, 3.05) is 7.11 Å². The largest absolute Gasteiger partial charge is 0.468 e. The van der Waals surface area contributed by atoms with Crippen LogP contribution in [0.3, 0.4) is 0 Å². The Morgan fingerprint density at radius 1 is 1.75 bits per heavy atom. The van der Waals surface area contributed by atoms with Gasteiger partial charge in [0.2, 0.25) is 0 Å². The second-order valence-electron chi connectivity index (χ2n) is 2.13. The maximum Gasteiger partial charge on any atom is 0.328 e. The number of hydrogen-bond acceptors (Lipinski definition) is 3. The zero-order chi connectivity index (χ0) is 8.27. The highest BCUT2D eigenvalue weighted by molar-refractivity contribution is 5.85. The predicted octanol–water partition coefficient (Wildman–Crippen LogP) is 0.609. The van der Waals surface area contributed by atoms with Crippen LogP contribution in [0.1, 0.15) is 11.7 Å². The molecule has 0 spiro atoms. The summed E-state index contributed by atoms with van der Waals surface area (Å²) in [4.78, 5) is 13.7. The number of carbonyl (C=O) groups excluding carboxylic acids is 1. The van der Waals surface area contributed by atoms with E-state index in [4.69, 9.17) is 5.73 Å². The molecule has 4 nitrogen and oxygen atoms in total. The van der Waals surface area contributed by atoms with Crippen molar-refractivity contribution in [1.29, 1.82) is 0 Å². The lowest BCUT2D eigenvalue weighted by atomic mass is 10.2. The third-order valence-corrected chi connectivity index (χ3v) is 1.41. The van der Waals surface area contributed by atoms with E-state index in [9.17, 15) is 4.79 Å². The Kier molecular flexibility index (Phi) is 4.39. The number of ether oxygens (including phenoxy) is 1. The van der Waals surface area contributed by atoms with E-state index >= 15 is 0 Å². The molecule has 0 bridgehead atoms. The summed E-state index contributed by atoms with van der Waals surface area (Å²) in [5, 5.41) is 0. The molecule has 5 heteroatoms. The van der Waals surface area contributed by atoms with E-state index in [1.165, 1.54) is 7.11 Å². The van der Waals surface area contributed by atoms with Crippen molar-refractivity contribution < 1.29 is 9.53 Å². The molecular weight excluding hydrogens is 180 g/mol. The molecule has 0 saturated carbocycles. The van der Waals surface area contributed by atoms with Crippen molar-refractivity contribution in [2.45, 2.75) is 6.04 Å². The van der Waals surface area contributed by atoms with Gasteiger partial charge in [-0.3, -0.25) is 0 Å². The summed E-state index contributed by atoms with van der Waals surface area (Å²) in [5.41, 5.74) is 6.15. The molecule has 0 fully saturated rings. The van der Waals surface area contributed by atoms with E-state index in [1.807, 2.05) is 0 Å². The maximum absolute atomic E-state index is 10.8. The number of halogens is 1. The van der Waals surface area contributed by atoms with Gasteiger partial charge in [0.15, 0.2) is 0 Å². The van der Waals surface area contributed by atoms with Gasteiger partial charge in [0, 0.05) is 11.9 Å². The number of H-pyrrole nitrogens is 1. The molecule has 0 amide bonds. The predicted molar refractivity (Wildman–Crippen MR) is 47.0 cm³/mol. The molecule has 68 valence electrons. The summed E-state index contributed by atoms with van der Waals surface area (Å²) >= 11 is 0. The Bertz CT molecular complexity index is 236. The molecule has 0 radical (unpaired) electrons. The van der Waals surface area contributed by atoms with Crippen LogP contribution in [-0.2, 0) is 9.53 Å². The fraction of sp³-hybridized carbons (Fsp3) is 0.286. The number of nitrogens with one attached hydrogen (secondary N) is 1. The molecule has 0 aromatic carbocycles. The lowest BCUT2D eigenvalue weighted by Gasteiger charge is -2.05. The monoisotopic (exact) mass is 190 g/mol. The fourth-order valence-corrected chi connectivity index (χ4v) is 0.792. The second kappa shape index (κ2) is 4.79. The van der Waals surface area contributed by atoms with E-state index in [0.717, 1.165) is 0 Å². The quantitative estimate of drug-likeness (QED) is 0.672. The van der Waals surface area contributed by atoms with Crippen LogP contribution in [0.15, 0.2) is 18.3 Å². The van der Waals surface area contributed by atoms with Gasteiger partial charge in [0.1, 0.15) is 6.04 Å². The maximum atomic E-state index is 10.8. The zero-order valence-corrected chi connectivity index (χ0v) is 7.43. The molecule has 12 heavy (non-hydrogen) atoms. The Hall–Kier alpha value is -1.00. The lowest BCUT2D eigenvalue weighted by Crippen LogP contribution is -2.22. The van der Waals surface area contributed by atoms with Crippen LogP contribution in [0, 0.1) is 0 Å². The molecule has 1 heterocycles. The minimum atomic E-state index is -0.699. The van der Waals surface area contributed by atoms with Gasteiger partial charge >= 0.3 is 5.97 Å². The van der Waals surface area contributed by atoms with Gasteiger partial charge in [-0.05, 0) is 12.1 Å². The SMILES string of the molecule is COC(=O)[C@H](N)c1ccc[nH]1.Cl. The van der Waals surface area contributed by atoms with Crippen molar-refractivity contribution in [3.63, 3.8) is 0 Å². The van der Waals surface area contributed by atoms with Gasteiger partial charge in [-0.25, -0.2) is 4.79 Å². The number of carbonyl (C=O) groups is 1. The molecule has 1 atom stereocenters. The molecule has 0 aliphatic rings. The minimum Gasteiger partial charge on any atom is -0.468 e. The van der Waals surface area contributed by atoms with Crippen molar-refractivity contribution in [1.82, 2.24) is 4.98 Å². The number of nitrogens with two attached hydrogens (primary N) is 1. The number of aromatic nitrogens is 1. The molecule has 1 aromatic heterocycles. The third-order valence-electron chi connectivity index (χ3n) is 1.41. The molecule has 1 aromatic rings. The smallest absolute Gasteiger partial charge is 0.328 e. The van der Waals surface area contributed by atoms with Crippen molar-refractivity contribution in [3.05, 3.63) is 24.0 Å². The Morgan fingerprint density at radius 3 is 2.83 bits per heavy atom. The first kappa shape index (κ1) is 11.0. The number of hydrogen-bond donors (Lipinski definition) is 2. The average molecular weight is 191 g/mol. The lowest BCUT2D eigenvalue weighted by molar-refractivity contribution is -0.142. The summed E-state index contributed by atoms with van der Waals surface area (Å²) in [6.45, 7) is 0. The van der Waals surface area contributed by atoms with Gasteiger partial charge in [-0.1, -0.05) is 0 Å². The van der Waals surface area contributed by atoms with Crippen LogP contribution < -0.4 is 5.73 Å². The summed E-state index contributed by atoms with van der Waals surface area (Å²) < 4.78 is 4.45. The topological polar surface area (TPSA) is 68.1 Å². The molecule has 0 aliphatic heterocycles. The molecule has 0 unspecified atom stereocenters. The Morgan fingerprint density at radius 2 is 2.42 bits per heavy atom. The van der Waals surface area contributed by atoms with Crippen LogP contribution in [0.25, 0.3) is 0 Å². The fourth-order valence-electron chi connectivity index (χ4n) is 0.792. The van der Waals surface area contributed by atoms with Gasteiger partial charge in [-0.2, -0.15) is 0 Å². The van der Waals surface area contributed by atoms with Crippen LogP contribution in [0.5, 0.6) is 0 Å². The van der Waals surface area contributed by atoms with Crippen molar-refractivity contribution in [3.8, 4) is 0 Å². The van der Waals surface area contributed by atoms with E-state index in [-0.39, 0.29) is 12.4 Å². The molecular formula is C7H11ClN2O2. The van der Waals surface area contributed by atoms with Crippen LogP contribution >= 0.6 is 12.4 Å². The first-order valence-corrected chi connectivity index (χ1v) is 3.22. The van der Waals surface area contributed by atoms with Gasteiger partial charge in [-0.15, -0.1) is 12.4 Å². The van der Waals surface area contributed by atoms with E-state index in [1.54, 1.807) is 18.3 Å². The number of rotatable bonds is 2. The molecule has 3 N–H and O–H groups in total. The standard InChI is InChI=1S/C7H10N2O2.ClH/c1-11-7(10)6(8)5-3-2-4-9-5;/h2-4,6,9H,8H2,1H3;1H/t6-;/m1./s1. The highest BCUT2D eigenvalue weighted by Gasteiger charge is 2.15. The molecule has 1 rings (SSSR count). The normalized spacial score (nSPS) is 11.5. The average Bonchev–Trinajstić information content (AvgIpc) is 2.53. The van der Waals surface area contributed by atoms with Gasteiger partial charge in [0.25, 0.3) is 0 Å². The summed E-state index contributed by atoms with van der Waals surface area (Å²) in [7, 11) is 1.31. The van der Waals surface area contributed by atoms with Crippen molar-refractivity contribution in [2.24, 2.45) is 5.73 Å². The van der Waals surface area contributed by atoms with Crippen LogP contribution in [0.4, 0.5) is 0 Å². The number of esters is 1. The minimum absolute atomic E-state index is 0. The number of aromatic amines is 1. The zero-order valence-electron chi connectivity index (χ0n) is 6.61. The van der Waals surface area contributed by atoms with Crippen LogP contribution in [0.2, 0.25) is 0 Å². The van der Waals surface area contributed by atoms with Gasteiger partial charge < -0.3 is 15.5 Å². The highest BCUT2D eigenvalue weighted by Crippen LogP contribution is 2.07. The summed E-state index contributed by atoms with van der Waals surface area (Å²) in [6, 6.07) is 2.81. The van der Waals surface area contributed by atoms with E-state index < -0.39 is 12.0 Å². The highest BCUT2D eigenvalue weighted by atomic mass is 35.5. The number of methoxy groups -OCH3 is 1. The first-order valence-electron chi connectivity index (χ1n) is 3.22. The summed E-state index contributed by atoms with van der Waals surface area (Å²) in [5.74, 6) is -0.438. The van der Waals surface area contributed by atoms with Crippen LogP contribution in [-0.4, -0.2) is 18.1 Å². The molecule has 0 aliphatic carbocycles. The molecule has 0 saturated heterocycles.